The van der Waals surface area contributed by atoms with E-state index in [0.717, 1.165) is 0 Å². The van der Waals surface area contributed by atoms with Crippen molar-refractivity contribution < 1.29 is 132 Å². The molecule has 0 saturated carbocycles. The van der Waals surface area contributed by atoms with Crippen LogP contribution in [0, 0.1) is 0 Å². The van der Waals surface area contributed by atoms with Gasteiger partial charge in [0.05, 0.1) is 30.4 Å². The summed E-state index contributed by atoms with van der Waals surface area (Å²) < 4.78 is 121. The average Bonchev–Trinajstić information content (AvgIpc) is 1.62. The molecule has 0 spiro atoms. The Morgan fingerprint density at radius 3 is 0.542 bits per heavy atom. The van der Waals surface area contributed by atoms with E-state index < -0.39 is 37.6 Å². The van der Waals surface area contributed by atoms with Gasteiger partial charge in [0, 0.05) is 18.8 Å². The van der Waals surface area contributed by atoms with Crippen molar-refractivity contribution >= 4 is 37.6 Å². The number of rotatable bonds is 0. The van der Waals surface area contributed by atoms with Crippen molar-refractivity contribution in [1.82, 2.24) is 0 Å². The van der Waals surface area contributed by atoms with Crippen molar-refractivity contribution in [1.29, 1.82) is 0 Å². The van der Waals surface area contributed by atoms with Gasteiger partial charge in [-0.1, -0.05) is 0 Å². The Bertz CT molecular complexity index is 446. The molecule has 21 heteroatoms. The van der Waals surface area contributed by atoms with Crippen molar-refractivity contribution in [3.05, 3.63) is 0 Å². The van der Waals surface area contributed by atoms with Crippen molar-refractivity contribution in [2.24, 2.45) is 0 Å². The Hall–Kier alpha value is 1.90. The van der Waals surface area contributed by atoms with Crippen LogP contribution in [0.1, 0.15) is 0 Å². The Morgan fingerprint density at radius 1 is 0.542 bits per heavy atom. The van der Waals surface area contributed by atoms with Crippen molar-refractivity contribution in [3.8, 4) is 0 Å². The molecule has 128 valence electrons. The monoisotopic (exact) mass is 400 g/mol. The SMILES string of the molecule is CS(=O)(=O)[O-].CS(=O)(=O)[O-].CS(=O)(=O)[O-].F[B-](F)(F)F.[Li+].[Li+].[Li+].[Li+]. The maximum absolute atomic E-state index is 9.75. The fourth-order valence-corrected chi connectivity index (χ4v) is 0. The Labute approximate surface area is 186 Å². The molecule has 0 N–H and O–H groups in total. The molecule has 0 rings (SSSR count). The zero-order valence-electron chi connectivity index (χ0n) is 14.0. The Balaban J connectivity index is -0.0000000225. The van der Waals surface area contributed by atoms with E-state index in [2.05, 4.69) is 0 Å². The van der Waals surface area contributed by atoms with Gasteiger partial charge < -0.3 is 30.9 Å². The van der Waals surface area contributed by atoms with Crippen molar-refractivity contribution in [2.75, 3.05) is 18.8 Å². The first-order chi connectivity index (χ1) is 8.00. The van der Waals surface area contributed by atoms with Crippen LogP contribution in [-0.2, 0) is 30.4 Å². The quantitative estimate of drug-likeness (QED) is 0.218. The molecule has 0 aromatic rings. The minimum Gasteiger partial charge on any atom is -0.748 e. The van der Waals surface area contributed by atoms with Crippen LogP contribution in [0.2, 0.25) is 0 Å². The summed E-state index contributed by atoms with van der Waals surface area (Å²) in [4.78, 5) is 0. The van der Waals surface area contributed by atoms with E-state index in [1.54, 1.807) is 0 Å². The summed E-state index contributed by atoms with van der Waals surface area (Å²) in [5, 5.41) is 0. The van der Waals surface area contributed by atoms with Gasteiger partial charge in [-0.15, -0.1) is 0 Å². The van der Waals surface area contributed by atoms with Gasteiger partial charge in [0.25, 0.3) is 0 Å². The van der Waals surface area contributed by atoms with E-state index in [-0.39, 0.29) is 75.4 Å². The fraction of sp³-hybridized carbons (Fsp3) is 1.00. The normalized spacial score (nSPS) is 9.75. The third-order valence-electron chi connectivity index (χ3n) is 0. The summed E-state index contributed by atoms with van der Waals surface area (Å²) >= 11 is 0. The first-order valence-corrected chi connectivity index (χ1v) is 9.05. The second kappa shape index (κ2) is 21.2. The van der Waals surface area contributed by atoms with Gasteiger partial charge in [-0.05, 0) is 0 Å². The minimum absolute atomic E-state index is 0. The first-order valence-electron chi connectivity index (χ1n) is 3.60. The van der Waals surface area contributed by atoms with E-state index in [4.69, 9.17) is 38.9 Å². The summed E-state index contributed by atoms with van der Waals surface area (Å²) in [7, 11) is -17.8. The summed E-state index contributed by atoms with van der Waals surface area (Å²) in [6.45, 7) is 0. The van der Waals surface area contributed by atoms with E-state index in [1.165, 1.54) is 0 Å². The van der Waals surface area contributed by atoms with Gasteiger partial charge in [0.15, 0.2) is 0 Å². The van der Waals surface area contributed by atoms with Gasteiger partial charge in [-0.2, -0.15) is 0 Å². The van der Waals surface area contributed by atoms with Crippen LogP contribution in [0.4, 0.5) is 17.3 Å². The van der Waals surface area contributed by atoms with Crippen molar-refractivity contribution in [2.45, 2.75) is 0 Å². The molecule has 0 aliphatic rings. The van der Waals surface area contributed by atoms with Crippen LogP contribution in [0.5, 0.6) is 0 Å². The third-order valence-corrected chi connectivity index (χ3v) is 0. The Kier molecular flexibility index (Phi) is 44.3. The average molecular weight is 400 g/mol. The fourth-order valence-electron chi connectivity index (χ4n) is 0. The van der Waals surface area contributed by atoms with Gasteiger partial charge in [-0.25, -0.2) is 25.3 Å². The first kappa shape index (κ1) is 50.1. The molecule has 0 aliphatic heterocycles. The topological polar surface area (TPSA) is 172 Å². The predicted octanol–water partition coefficient (Wildman–Crippen LogP) is -13.2. The summed E-state index contributed by atoms with van der Waals surface area (Å²) in [6.07, 6.45) is 1.81. The van der Waals surface area contributed by atoms with E-state index >= 15 is 0 Å². The second-order valence-electron chi connectivity index (χ2n) is 2.61. The van der Waals surface area contributed by atoms with Gasteiger partial charge >= 0.3 is 82.7 Å². The minimum atomic E-state index is -6.00. The summed E-state index contributed by atoms with van der Waals surface area (Å²) in [5.41, 5.74) is 0. The Morgan fingerprint density at radius 2 is 0.542 bits per heavy atom. The van der Waals surface area contributed by atoms with Gasteiger partial charge in [0.2, 0.25) is 0 Å². The molecule has 0 fully saturated rings. The van der Waals surface area contributed by atoms with Crippen LogP contribution >= 0.6 is 0 Å². The zero-order chi connectivity index (χ0) is 18.0. The molecule has 0 aromatic heterocycles. The van der Waals surface area contributed by atoms with E-state index in [0.29, 0.717) is 18.8 Å². The molecule has 0 bridgehead atoms. The smallest absolute Gasteiger partial charge is 0.748 e. The summed E-state index contributed by atoms with van der Waals surface area (Å²) in [5.74, 6) is 0. The van der Waals surface area contributed by atoms with E-state index in [1.807, 2.05) is 0 Å². The van der Waals surface area contributed by atoms with Crippen LogP contribution in [0.3, 0.4) is 0 Å². The third kappa shape index (κ3) is 3460. The zero-order valence-corrected chi connectivity index (χ0v) is 16.4. The maximum Gasteiger partial charge on any atom is 1.00 e. The molecule has 0 amide bonds. The van der Waals surface area contributed by atoms with Gasteiger partial charge in [0.1, 0.15) is 0 Å². The molecular formula is C3H9BF4Li4O9S3. The van der Waals surface area contributed by atoms with Crippen LogP contribution in [-0.4, -0.2) is 64.9 Å². The molecular weight excluding hydrogens is 391 g/mol. The van der Waals surface area contributed by atoms with Crippen LogP contribution in [0.15, 0.2) is 0 Å². The maximum atomic E-state index is 9.75. The van der Waals surface area contributed by atoms with Gasteiger partial charge in [-0.3, -0.25) is 0 Å². The molecule has 24 heavy (non-hydrogen) atoms. The van der Waals surface area contributed by atoms with Crippen LogP contribution in [0.25, 0.3) is 0 Å². The van der Waals surface area contributed by atoms with Crippen LogP contribution < -0.4 is 75.4 Å². The standard InChI is InChI=1S/3CH4O3S.BF4.4Li/c3*1-5(2,3)4;2-1(3,4)5;;;;/h3*1H3,(H,2,3,4);;;;;/q;;;-1;4*+1/p-3. The molecule has 0 radical (unpaired) electrons. The predicted molar refractivity (Wildman–Crippen MR) is 57.0 cm³/mol. The molecule has 9 nitrogen and oxygen atoms in total. The van der Waals surface area contributed by atoms with E-state index in [9.17, 15) is 17.3 Å². The molecule has 0 unspecified atom stereocenters. The molecule has 0 aliphatic carbocycles. The molecule has 0 atom stereocenters. The van der Waals surface area contributed by atoms with Crippen molar-refractivity contribution in [3.63, 3.8) is 0 Å². The number of hydrogen-bond donors (Lipinski definition) is 0. The largest absolute Gasteiger partial charge is 1.00 e. The molecule has 0 heterocycles. The molecule has 0 saturated heterocycles. The number of halogens is 4. The molecule has 0 aromatic carbocycles. The number of hydrogen-bond acceptors (Lipinski definition) is 9. The summed E-state index contributed by atoms with van der Waals surface area (Å²) in [6, 6.07) is 0. The second-order valence-corrected chi connectivity index (χ2v) is 6.83.